The highest BCUT2D eigenvalue weighted by Crippen LogP contribution is 2.43. The highest BCUT2D eigenvalue weighted by Gasteiger charge is 2.57. The van der Waals surface area contributed by atoms with Gasteiger partial charge in [0, 0.05) is 0 Å². The topological polar surface area (TPSA) is 23.8 Å². The molecular formula is C8H13F5N2. The van der Waals surface area contributed by atoms with Gasteiger partial charge >= 0.3 is 12.2 Å². The van der Waals surface area contributed by atoms with Crippen LogP contribution in [0.3, 0.4) is 0 Å². The number of quaternary nitrogens is 1. The third-order valence-electron chi connectivity index (χ3n) is 1.79. The molecule has 0 spiro atoms. The van der Waals surface area contributed by atoms with Crippen LogP contribution in [0.4, 0.5) is 22.0 Å². The number of allylic oxidation sites excluding steroid dienone is 1. The lowest BCUT2D eigenvalue weighted by molar-refractivity contribution is -0.928. The van der Waals surface area contributed by atoms with Gasteiger partial charge < -0.3 is 10.4 Å². The van der Waals surface area contributed by atoms with Crippen LogP contribution in [-0.4, -0.2) is 30.9 Å². The molecule has 7 heteroatoms. The summed E-state index contributed by atoms with van der Waals surface area (Å²) in [6.07, 6.45) is -5.13. The van der Waals surface area contributed by atoms with Gasteiger partial charge in [0.2, 0.25) is 0 Å². The molecule has 0 heterocycles. The van der Waals surface area contributed by atoms with Crippen molar-refractivity contribution in [3.63, 3.8) is 0 Å². The molecule has 0 aromatic rings. The fourth-order valence-electron chi connectivity index (χ4n) is 1.03. The molecule has 90 valence electrons. The van der Waals surface area contributed by atoms with Crippen LogP contribution in [0.2, 0.25) is 0 Å². The molecule has 2 nitrogen and oxygen atoms in total. The summed E-state index contributed by atoms with van der Waals surface area (Å²) < 4.78 is 62.0. The van der Waals surface area contributed by atoms with Crippen molar-refractivity contribution < 1.29 is 26.5 Å². The second-order valence-electron chi connectivity index (χ2n) is 3.87. The third-order valence-corrected chi connectivity index (χ3v) is 1.79. The van der Waals surface area contributed by atoms with E-state index >= 15 is 0 Å². The Morgan fingerprint density at radius 1 is 1.00 bits per heavy atom. The highest BCUT2D eigenvalue weighted by molar-refractivity contribution is 5.21. The maximum Gasteiger partial charge on any atom is 0.424 e. The van der Waals surface area contributed by atoms with Crippen LogP contribution in [0.15, 0.2) is 11.1 Å². The summed E-state index contributed by atoms with van der Waals surface area (Å²) >= 11 is 0. The van der Waals surface area contributed by atoms with Crippen LogP contribution >= 0.6 is 0 Å². The summed E-state index contributed by atoms with van der Waals surface area (Å²) in [4.78, 5) is 0. The van der Waals surface area contributed by atoms with E-state index in [1.807, 2.05) is 0 Å². The van der Waals surface area contributed by atoms with Gasteiger partial charge in [0.25, 0.3) is 0 Å². The average Bonchev–Trinajstić information content (AvgIpc) is 1.76. The summed E-state index contributed by atoms with van der Waals surface area (Å²) in [5.41, 5.74) is -2.49. The molecule has 0 aliphatic carbocycles. The van der Waals surface area contributed by atoms with Crippen LogP contribution in [0.1, 0.15) is 13.8 Å². The number of alkyl halides is 5. The molecule has 1 N–H and O–H groups in total. The molecule has 0 atom stereocenters. The average molecular weight is 232 g/mol. The van der Waals surface area contributed by atoms with E-state index in [1.165, 1.54) is 0 Å². The number of halogens is 5. The quantitative estimate of drug-likeness (QED) is 0.229. The van der Waals surface area contributed by atoms with E-state index < -0.39 is 28.0 Å². The maximum absolute atomic E-state index is 13.3. The van der Waals surface area contributed by atoms with Crippen LogP contribution in [0, 0.1) is 0 Å². The zero-order chi connectivity index (χ0) is 12.7. The Bertz CT molecular complexity index is 268. The van der Waals surface area contributed by atoms with E-state index in [-0.39, 0.29) is 0 Å². The first-order valence-corrected chi connectivity index (χ1v) is 4.04. The number of nitrogens with one attached hydrogen (secondary N) is 1. The van der Waals surface area contributed by atoms with E-state index in [9.17, 15) is 22.0 Å². The van der Waals surface area contributed by atoms with E-state index in [1.54, 1.807) is 0 Å². The van der Waals surface area contributed by atoms with Gasteiger partial charge in [-0.25, -0.2) is 0 Å². The predicted octanol–water partition coefficient (Wildman–Crippen LogP) is 3.52. The predicted molar refractivity (Wildman–Crippen MR) is 45.8 cm³/mol. The molecule has 0 amide bonds. The van der Waals surface area contributed by atoms with Gasteiger partial charge in [0.15, 0.2) is 5.57 Å². The van der Waals surface area contributed by atoms with Crippen molar-refractivity contribution in [1.29, 1.82) is 0 Å². The minimum atomic E-state index is -5.13. The molecule has 0 saturated heterocycles. The van der Waals surface area contributed by atoms with Gasteiger partial charge in [-0.2, -0.15) is 13.2 Å². The van der Waals surface area contributed by atoms with Crippen molar-refractivity contribution in [3.05, 3.63) is 17.0 Å². The zero-order valence-electron chi connectivity index (χ0n) is 8.84. The minimum Gasteiger partial charge on any atom is -0.463 e. The second kappa shape index (κ2) is 3.71. The molecule has 0 rings (SSSR count). The fourth-order valence-corrected chi connectivity index (χ4v) is 1.03. The highest BCUT2D eigenvalue weighted by atomic mass is 19.4. The van der Waals surface area contributed by atoms with Gasteiger partial charge in [0.05, 0.1) is 14.1 Å². The number of rotatable bonds is 2. The first-order valence-electron chi connectivity index (χ1n) is 4.04. The van der Waals surface area contributed by atoms with Crippen LogP contribution in [0.25, 0.3) is 5.84 Å². The zero-order valence-corrected chi connectivity index (χ0v) is 8.84. The lowest BCUT2D eigenvalue weighted by Gasteiger charge is -2.41. The number of likely N-dealkylation sites (N-methyl/N-ethyl adjacent to an activating group) is 1. The monoisotopic (exact) mass is 232 g/mol. The molecule has 0 unspecified atom stereocenters. The molecule has 0 aromatic carbocycles. The summed E-state index contributed by atoms with van der Waals surface area (Å²) in [5, 5.41) is 0. The van der Waals surface area contributed by atoms with Gasteiger partial charge in [-0.1, -0.05) is 5.57 Å². The van der Waals surface area contributed by atoms with Crippen LogP contribution < -0.4 is 0 Å². The summed E-state index contributed by atoms with van der Waals surface area (Å²) in [5.74, 6) is 6.99. The molecule has 15 heavy (non-hydrogen) atoms. The molecule has 0 radical (unpaired) electrons. The van der Waals surface area contributed by atoms with Crippen molar-refractivity contribution in [2.24, 2.45) is 0 Å². The number of nitrogens with zero attached hydrogens (tertiary/aromatic N) is 1. The SMILES string of the molecule is CC(C)=C(C(F)(F)F)C(F)(F)[N+](C)(C)[NH-]. The number of hydrogen-bond acceptors (Lipinski definition) is 0. The van der Waals surface area contributed by atoms with E-state index in [4.69, 9.17) is 5.84 Å². The molecule has 0 saturated carbocycles. The first kappa shape index (κ1) is 14.3. The van der Waals surface area contributed by atoms with Crippen molar-refractivity contribution >= 4 is 0 Å². The second-order valence-corrected chi connectivity index (χ2v) is 3.87. The van der Waals surface area contributed by atoms with Crippen molar-refractivity contribution in [3.8, 4) is 0 Å². The van der Waals surface area contributed by atoms with Gasteiger partial charge in [-0.15, -0.1) is 8.78 Å². The molecule has 0 bridgehead atoms. The van der Waals surface area contributed by atoms with Gasteiger partial charge in [0.1, 0.15) is 0 Å². The third kappa shape index (κ3) is 2.88. The summed E-state index contributed by atoms with van der Waals surface area (Å²) in [6, 6.07) is -4.28. The van der Waals surface area contributed by atoms with Crippen LogP contribution in [0.5, 0.6) is 0 Å². The minimum absolute atomic E-state index is 0.536. The largest absolute Gasteiger partial charge is 0.463 e. The normalized spacial score (nSPS) is 14.0. The summed E-state index contributed by atoms with van der Waals surface area (Å²) in [6.45, 7) is 1.90. The van der Waals surface area contributed by atoms with Crippen LogP contribution in [-0.2, 0) is 0 Å². The van der Waals surface area contributed by atoms with Gasteiger partial charge in [-0.3, -0.25) is 0 Å². The van der Waals surface area contributed by atoms with Gasteiger partial charge in [-0.05, 0) is 13.8 Å². The first-order chi connectivity index (χ1) is 6.32. The Labute approximate surface area is 84.7 Å². The molecule has 0 aliphatic heterocycles. The molecule has 0 aromatic heterocycles. The Morgan fingerprint density at radius 2 is 1.33 bits per heavy atom. The van der Waals surface area contributed by atoms with E-state index in [0.29, 0.717) is 14.1 Å². The standard InChI is InChI=1S/C8H13F5N2/c1-5(2)6(7(9,10)11)8(12,13)15(3,4)14/h14H,1-4H3. The molecule has 0 aliphatic rings. The Morgan fingerprint density at radius 3 is 1.40 bits per heavy atom. The fraction of sp³-hybridized carbons (Fsp3) is 0.750. The van der Waals surface area contributed by atoms with Crippen molar-refractivity contribution in [2.75, 3.05) is 14.1 Å². The summed E-state index contributed by atoms with van der Waals surface area (Å²) in [7, 11) is 1.38. The van der Waals surface area contributed by atoms with Crippen molar-refractivity contribution in [1.82, 2.24) is 0 Å². The molecule has 0 fully saturated rings. The Hall–Kier alpha value is -0.690. The maximum atomic E-state index is 13.3. The van der Waals surface area contributed by atoms with E-state index in [2.05, 4.69) is 0 Å². The number of hydrogen-bond donors (Lipinski definition) is 0. The molecular weight excluding hydrogens is 219 g/mol. The van der Waals surface area contributed by atoms with Crippen molar-refractivity contribution in [2.45, 2.75) is 26.1 Å². The Balaban J connectivity index is 5.63. The lowest BCUT2D eigenvalue weighted by atomic mass is 10.1. The Kier molecular flexibility index (Phi) is 3.54. The lowest BCUT2D eigenvalue weighted by Crippen LogP contribution is -2.52. The smallest absolute Gasteiger partial charge is 0.424 e. The van der Waals surface area contributed by atoms with E-state index in [0.717, 1.165) is 13.8 Å².